The lowest BCUT2D eigenvalue weighted by molar-refractivity contribution is 0.0728. The molecule has 1 fully saturated rings. The molecule has 0 radical (unpaired) electrons. The normalized spacial score (nSPS) is 20.8. The van der Waals surface area contributed by atoms with Crippen LogP contribution in [-0.4, -0.2) is 36.8 Å². The third kappa shape index (κ3) is 3.90. The predicted molar refractivity (Wildman–Crippen MR) is 135 cm³/mol. The minimum absolute atomic E-state index is 0.204. The number of H-pyrrole nitrogens is 1. The van der Waals surface area contributed by atoms with E-state index in [0.717, 1.165) is 38.2 Å². The Morgan fingerprint density at radius 2 is 1.82 bits per heavy atom. The molecule has 1 aliphatic carbocycles. The fourth-order valence-electron chi connectivity index (χ4n) is 6.03. The zero-order chi connectivity index (χ0) is 23.1. The number of alkyl halides is 1. The van der Waals surface area contributed by atoms with Crippen LogP contribution in [0.1, 0.15) is 46.2 Å². The summed E-state index contributed by atoms with van der Waals surface area (Å²) in [6.45, 7) is 2.37. The van der Waals surface area contributed by atoms with E-state index in [1.807, 2.05) is 0 Å². The van der Waals surface area contributed by atoms with Gasteiger partial charge in [0.2, 0.25) is 0 Å². The SMILES string of the molecule is COc1ccc2c(c1)CCC(c1ccccc1)C2c1ccc2[nH]c(CN3CC(CF)C3)cc2c1. The summed E-state index contributed by atoms with van der Waals surface area (Å²) in [4.78, 5) is 5.89. The fourth-order valence-corrected chi connectivity index (χ4v) is 6.03. The molecule has 4 aromatic rings. The van der Waals surface area contributed by atoms with Gasteiger partial charge in [0.1, 0.15) is 5.75 Å². The summed E-state index contributed by atoms with van der Waals surface area (Å²) in [7, 11) is 1.74. The monoisotopic (exact) mass is 454 g/mol. The zero-order valence-corrected chi connectivity index (χ0v) is 19.6. The van der Waals surface area contributed by atoms with Crippen molar-refractivity contribution in [2.45, 2.75) is 31.2 Å². The van der Waals surface area contributed by atoms with E-state index in [9.17, 15) is 4.39 Å². The first-order chi connectivity index (χ1) is 16.7. The standard InChI is InChI=1S/C30H31FN2O/c1-34-26-9-11-28-22(15-26)7-10-27(21-5-3-2-4-6-21)30(28)23-8-12-29-24(13-23)14-25(32-29)19-33-17-20(16-31)18-33/h2-6,8-9,11-15,20,27,30,32H,7,10,16-19H2,1H3. The topological polar surface area (TPSA) is 28.3 Å². The number of nitrogens with zero attached hydrogens (tertiary/aromatic N) is 1. The minimum atomic E-state index is -0.204. The van der Waals surface area contributed by atoms with Crippen LogP contribution in [0.4, 0.5) is 4.39 Å². The van der Waals surface area contributed by atoms with Gasteiger partial charge < -0.3 is 9.72 Å². The van der Waals surface area contributed by atoms with Gasteiger partial charge in [0.25, 0.3) is 0 Å². The van der Waals surface area contributed by atoms with Crippen molar-refractivity contribution in [2.75, 3.05) is 26.9 Å². The number of hydrogen-bond acceptors (Lipinski definition) is 2. The van der Waals surface area contributed by atoms with Crippen molar-refractivity contribution >= 4 is 10.9 Å². The Labute approximate surface area is 200 Å². The van der Waals surface area contributed by atoms with E-state index in [1.54, 1.807) is 7.11 Å². The van der Waals surface area contributed by atoms with Crippen molar-refractivity contribution in [1.82, 2.24) is 9.88 Å². The predicted octanol–water partition coefficient (Wildman–Crippen LogP) is 6.44. The number of aryl methyl sites for hydroxylation is 1. The van der Waals surface area contributed by atoms with Crippen LogP contribution in [0.3, 0.4) is 0 Å². The number of methoxy groups -OCH3 is 1. The Morgan fingerprint density at radius 3 is 2.62 bits per heavy atom. The number of ether oxygens (including phenoxy) is 1. The number of aromatic nitrogens is 1. The maximum atomic E-state index is 12.8. The van der Waals surface area contributed by atoms with Gasteiger partial charge in [-0.2, -0.15) is 0 Å². The average molecular weight is 455 g/mol. The van der Waals surface area contributed by atoms with Gasteiger partial charge in [0, 0.05) is 42.7 Å². The lowest BCUT2D eigenvalue weighted by Gasteiger charge is -2.37. The number of halogens is 1. The molecule has 0 saturated carbocycles. The van der Waals surface area contributed by atoms with Crippen molar-refractivity contribution in [3.05, 3.63) is 101 Å². The molecule has 0 amide bonds. The third-order valence-electron chi connectivity index (χ3n) is 7.74. The van der Waals surface area contributed by atoms with Crippen molar-refractivity contribution in [3.63, 3.8) is 0 Å². The van der Waals surface area contributed by atoms with Crippen LogP contribution in [0.25, 0.3) is 10.9 Å². The zero-order valence-electron chi connectivity index (χ0n) is 19.6. The average Bonchev–Trinajstić information content (AvgIpc) is 3.27. The highest BCUT2D eigenvalue weighted by atomic mass is 19.1. The lowest BCUT2D eigenvalue weighted by atomic mass is 9.69. The lowest BCUT2D eigenvalue weighted by Crippen LogP contribution is -2.46. The van der Waals surface area contributed by atoms with Crippen LogP contribution < -0.4 is 4.74 Å². The van der Waals surface area contributed by atoms with Crippen LogP contribution in [0.15, 0.2) is 72.8 Å². The molecule has 1 aromatic heterocycles. The molecule has 3 nitrogen and oxygen atoms in total. The maximum Gasteiger partial charge on any atom is 0.119 e. The van der Waals surface area contributed by atoms with Gasteiger partial charge in [0.05, 0.1) is 13.8 Å². The Kier molecular flexibility index (Phi) is 5.62. The van der Waals surface area contributed by atoms with Gasteiger partial charge in [-0.15, -0.1) is 0 Å². The van der Waals surface area contributed by atoms with E-state index in [-0.39, 0.29) is 12.6 Å². The van der Waals surface area contributed by atoms with E-state index in [2.05, 4.69) is 82.7 Å². The highest BCUT2D eigenvalue weighted by Gasteiger charge is 2.32. The molecule has 1 aliphatic heterocycles. The molecule has 2 unspecified atom stereocenters. The second-order valence-electron chi connectivity index (χ2n) is 9.95. The number of likely N-dealkylation sites (tertiary alicyclic amines) is 1. The van der Waals surface area contributed by atoms with E-state index in [1.165, 1.54) is 38.9 Å². The van der Waals surface area contributed by atoms with Gasteiger partial charge in [-0.05, 0) is 76.7 Å². The molecule has 4 heteroatoms. The first kappa shape index (κ1) is 21.4. The van der Waals surface area contributed by atoms with Crippen molar-refractivity contribution in [1.29, 1.82) is 0 Å². The fraction of sp³-hybridized carbons (Fsp3) is 0.333. The second-order valence-corrected chi connectivity index (χ2v) is 9.95. The number of rotatable bonds is 6. The molecular formula is C30H31FN2O. The molecule has 2 atom stereocenters. The van der Waals surface area contributed by atoms with Crippen molar-refractivity contribution in [3.8, 4) is 5.75 Å². The van der Waals surface area contributed by atoms with Crippen LogP contribution >= 0.6 is 0 Å². The van der Waals surface area contributed by atoms with Crippen LogP contribution in [0, 0.1) is 5.92 Å². The van der Waals surface area contributed by atoms with Gasteiger partial charge in [-0.3, -0.25) is 9.29 Å². The van der Waals surface area contributed by atoms with Crippen molar-refractivity contribution in [2.24, 2.45) is 5.92 Å². The molecule has 174 valence electrons. The highest BCUT2D eigenvalue weighted by molar-refractivity contribution is 5.81. The third-order valence-corrected chi connectivity index (χ3v) is 7.74. The summed E-state index contributed by atoms with van der Waals surface area (Å²) in [5.41, 5.74) is 7.95. The summed E-state index contributed by atoms with van der Waals surface area (Å²) in [5, 5.41) is 1.25. The molecule has 3 aromatic carbocycles. The van der Waals surface area contributed by atoms with Gasteiger partial charge in [-0.1, -0.05) is 42.5 Å². The number of hydrogen-bond donors (Lipinski definition) is 1. The quantitative estimate of drug-likeness (QED) is 0.363. The summed E-state index contributed by atoms with van der Waals surface area (Å²) in [6.07, 6.45) is 2.19. The summed E-state index contributed by atoms with van der Waals surface area (Å²) >= 11 is 0. The Bertz CT molecular complexity index is 1290. The Morgan fingerprint density at radius 1 is 0.971 bits per heavy atom. The maximum absolute atomic E-state index is 12.8. The first-order valence-electron chi connectivity index (χ1n) is 12.3. The van der Waals surface area contributed by atoms with Crippen LogP contribution in [0.5, 0.6) is 5.75 Å². The Hall–Kier alpha value is -3.11. The molecule has 2 aliphatic rings. The number of aromatic amines is 1. The molecule has 1 saturated heterocycles. The first-order valence-corrected chi connectivity index (χ1v) is 12.3. The van der Waals surface area contributed by atoms with E-state index >= 15 is 0 Å². The van der Waals surface area contributed by atoms with E-state index in [0.29, 0.717) is 11.8 Å². The largest absolute Gasteiger partial charge is 0.497 e. The molecule has 2 heterocycles. The molecule has 6 rings (SSSR count). The molecule has 34 heavy (non-hydrogen) atoms. The van der Waals surface area contributed by atoms with E-state index in [4.69, 9.17) is 4.74 Å². The summed E-state index contributed by atoms with van der Waals surface area (Å²) in [6, 6.07) is 26.7. The summed E-state index contributed by atoms with van der Waals surface area (Å²) in [5.74, 6) is 1.90. The summed E-state index contributed by atoms with van der Waals surface area (Å²) < 4.78 is 18.3. The van der Waals surface area contributed by atoms with Gasteiger partial charge in [0.15, 0.2) is 0 Å². The van der Waals surface area contributed by atoms with Gasteiger partial charge in [-0.25, -0.2) is 0 Å². The number of benzene rings is 3. The number of fused-ring (bicyclic) bond motifs is 2. The molecule has 1 N–H and O–H groups in total. The number of nitrogens with one attached hydrogen (secondary N) is 1. The molecule has 0 bridgehead atoms. The Balaban J connectivity index is 1.37. The highest BCUT2D eigenvalue weighted by Crippen LogP contribution is 2.47. The van der Waals surface area contributed by atoms with Crippen LogP contribution in [-0.2, 0) is 13.0 Å². The van der Waals surface area contributed by atoms with Gasteiger partial charge >= 0.3 is 0 Å². The minimum Gasteiger partial charge on any atom is -0.497 e. The second kappa shape index (κ2) is 8.92. The van der Waals surface area contributed by atoms with Crippen LogP contribution in [0.2, 0.25) is 0 Å². The van der Waals surface area contributed by atoms with Crippen molar-refractivity contribution < 1.29 is 9.13 Å². The smallest absolute Gasteiger partial charge is 0.119 e. The molecular weight excluding hydrogens is 423 g/mol. The van der Waals surface area contributed by atoms with E-state index < -0.39 is 0 Å². The molecule has 0 spiro atoms.